The zero-order valence-electron chi connectivity index (χ0n) is 12.0. The van der Waals surface area contributed by atoms with Gasteiger partial charge in [-0.3, -0.25) is 0 Å². The van der Waals surface area contributed by atoms with Crippen LogP contribution < -0.4 is 0 Å². The van der Waals surface area contributed by atoms with Crippen molar-refractivity contribution >= 4 is 0 Å². The first kappa shape index (κ1) is 15.0. The highest BCUT2D eigenvalue weighted by molar-refractivity contribution is 4.78. The lowest BCUT2D eigenvalue weighted by atomic mass is 9.84. The van der Waals surface area contributed by atoms with Gasteiger partial charge in [-0.05, 0) is 58.8 Å². The summed E-state index contributed by atoms with van der Waals surface area (Å²) in [5.41, 5.74) is 0.00545. The molecule has 0 radical (unpaired) electrons. The molecule has 1 aliphatic carbocycles. The summed E-state index contributed by atoms with van der Waals surface area (Å²) in [5, 5.41) is 9.52. The van der Waals surface area contributed by atoms with Gasteiger partial charge < -0.3 is 9.84 Å². The number of rotatable bonds is 6. The van der Waals surface area contributed by atoms with Crippen molar-refractivity contribution < 1.29 is 9.84 Å². The number of hydrogen-bond acceptors (Lipinski definition) is 2. The SMILES string of the molecule is CCCCC(C)(C)OC(C)C1CCC(O)CC1. The summed E-state index contributed by atoms with van der Waals surface area (Å²) in [4.78, 5) is 0. The van der Waals surface area contributed by atoms with E-state index in [9.17, 15) is 5.11 Å². The van der Waals surface area contributed by atoms with Crippen LogP contribution in [0.25, 0.3) is 0 Å². The lowest BCUT2D eigenvalue weighted by Crippen LogP contribution is -2.35. The molecule has 17 heavy (non-hydrogen) atoms. The van der Waals surface area contributed by atoms with Crippen LogP contribution in [0.5, 0.6) is 0 Å². The van der Waals surface area contributed by atoms with Gasteiger partial charge >= 0.3 is 0 Å². The van der Waals surface area contributed by atoms with Gasteiger partial charge in [-0.1, -0.05) is 19.8 Å². The fourth-order valence-corrected chi connectivity index (χ4v) is 2.83. The molecule has 0 aromatic heterocycles. The Morgan fingerprint density at radius 1 is 1.24 bits per heavy atom. The van der Waals surface area contributed by atoms with Gasteiger partial charge in [0, 0.05) is 0 Å². The molecule has 1 saturated carbocycles. The Morgan fingerprint density at radius 3 is 2.35 bits per heavy atom. The highest BCUT2D eigenvalue weighted by Crippen LogP contribution is 2.31. The normalized spacial score (nSPS) is 28.1. The van der Waals surface area contributed by atoms with Gasteiger partial charge in [0.15, 0.2) is 0 Å². The molecule has 0 spiro atoms. The van der Waals surface area contributed by atoms with E-state index in [2.05, 4.69) is 27.7 Å². The second kappa shape index (κ2) is 6.75. The van der Waals surface area contributed by atoms with Gasteiger partial charge in [0.2, 0.25) is 0 Å². The third-order valence-electron chi connectivity index (χ3n) is 4.04. The Bertz CT molecular complexity index is 205. The molecule has 0 aromatic carbocycles. The van der Waals surface area contributed by atoms with Gasteiger partial charge in [-0.2, -0.15) is 0 Å². The second-order valence-electron chi connectivity index (χ2n) is 6.25. The highest BCUT2D eigenvalue weighted by Gasteiger charge is 2.29. The van der Waals surface area contributed by atoms with E-state index in [1.54, 1.807) is 0 Å². The van der Waals surface area contributed by atoms with E-state index in [1.807, 2.05) is 0 Å². The summed E-state index contributed by atoms with van der Waals surface area (Å²) in [7, 11) is 0. The third kappa shape index (κ3) is 5.39. The quantitative estimate of drug-likeness (QED) is 0.765. The minimum Gasteiger partial charge on any atom is -0.393 e. The summed E-state index contributed by atoms with van der Waals surface area (Å²) < 4.78 is 6.23. The van der Waals surface area contributed by atoms with Crippen molar-refractivity contribution in [3.05, 3.63) is 0 Å². The van der Waals surface area contributed by atoms with Crippen LogP contribution in [-0.4, -0.2) is 22.9 Å². The number of hydrogen-bond donors (Lipinski definition) is 1. The summed E-state index contributed by atoms with van der Waals surface area (Å²) in [6, 6.07) is 0. The summed E-state index contributed by atoms with van der Waals surface area (Å²) in [6.45, 7) is 8.84. The Hall–Kier alpha value is -0.0800. The molecule has 102 valence electrons. The minimum atomic E-state index is -0.0634. The molecular formula is C15H30O2. The monoisotopic (exact) mass is 242 g/mol. The molecule has 0 aromatic rings. The number of ether oxygens (including phenoxy) is 1. The van der Waals surface area contributed by atoms with E-state index in [4.69, 9.17) is 4.74 Å². The molecule has 2 nitrogen and oxygen atoms in total. The number of aliphatic hydroxyl groups excluding tert-OH is 1. The molecule has 2 heteroatoms. The van der Waals surface area contributed by atoms with Crippen molar-refractivity contribution in [3.8, 4) is 0 Å². The zero-order chi connectivity index (χ0) is 12.9. The van der Waals surface area contributed by atoms with Crippen LogP contribution in [0.4, 0.5) is 0 Å². The maximum absolute atomic E-state index is 9.52. The maximum atomic E-state index is 9.52. The van der Waals surface area contributed by atoms with E-state index in [0.717, 1.165) is 32.1 Å². The van der Waals surface area contributed by atoms with Gasteiger partial charge in [0.05, 0.1) is 17.8 Å². The van der Waals surface area contributed by atoms with Crippen molar-refractivity contribution in [1.82, 2.24) is 0 Å². The molecule has 1 unspecified atom stereocenters. The first-order valence-corrected chi connectivity index (χ1v) is 7.30. The van der Waals surface area contributed by atoms with E-state index in [0.29, 0.717) is 12.0 Å². The van der Waals surface area contributed by atoms with Crippen LogP contribution in [0.1, 0.15) is 72.6 Å². The largest absolute Gasteiger partial charge is 0.393 e. The molecule has 1 fully saturated rings. The lowest BCUT2D eigenvalue weighted by Gasteiger charge is -2.36. The molecule has 1 rings (SSSR count). The molecule has 0 aliphatic heterocycles. The second-order valence-corrected chi connectivity index (χ2v) is 6.25. The molecule has 0 bridgehead atoms. The average Bonchev–Trinajstić information content (AvgIpc) is 2.26. The molecule has 1 atom stereocenters. The zero-order valence-corrected chi connectivity index (χ0v) is 12.0. The van der Waals surface area contributed by atoms with E-state index >= 15 is 0 Å². The summed E-state index contributed by atoms with van der Waals surface area (Å²) in [5.74, 6) is 0.638. The molecule has 0 saturated heterocycles. The Labute approximate surface area is 107 Å². The Morgan fingerprint density at radius 2 is 1.82 bits per heavy atom. The van der Waals surface area contributed by atoms with Gasteiger partial charge in [-0.25, -0.2) is 0 Å². The third-order valence-corrected chi connectivity index (χ3v) is 4.04. The smallest absolute Gasteiger partial charge is 0.0630 e. The first-order valence-electron chi connectivity index (χ1n) is 7.30. The number of unbranched alkanes of at least 4 members (excludes halogenated alkanes) is 1. The molecule has 0 heterocycles. The minimum absolute atomic E-state index is 0.00545. The lowest BCUT2D eigenvalue weighted by molar-refractivity contribution is -0.101. The predicted molar refractivity (Wildman–Crippen MR) is 72.1 cm³/mol. The standard InChI is InChI=1S/C15H30O2/c1-5-6-11-15(3,4)17-12(2)13-7-9-14(16)10-8-13/h12-14,16H,5-11H2,1-4H3. The van der Waals surface area contributed by atoms with Crippen molar-refractivity contribution in [3.63, 3.8) is 0 Å². The van der Waals surface area contributed by atoms with Crippen LogP contribution >= 0.6 is 0 Å². The van der Waals surface area contributed by atoms with Crippen molar-refractivity contribution in [1.29, 1.82) is 0 Å². The van der Waals surface area contributed by atoms with E-state index in [-0.39, 0.29) is 11.7 Å². The van der Waals surface area contributed by atoms with Crippen LogP contribution in [0.15, 0.2) is 0 Å². The van der Waals surface area contributed by atoms with Crippen LogP contribution in [0.3, 0.4) is 0 Å². The summed E-state index contributed by atoms with van der Waals surface area (Å²) >= 11 is 0. The van der Waals surface area contributed by atoms with E-state index < -0.39 is 0 Å². The summed E-state index contributed by atoms with van der Waals surface area (Å²) in [6.07, 6.45) is 8.02. The Kier molecular flexibility index (Phi) is 5.94. The predicted octanol–water partition coefficient (Wildman–Crippen LogP) is 3.91. The van der Waals surface area contributed by atoms with Gasteiger partial charge in [0.25, 0.3) is 0 Å². The highest BCUT2D eigenvalue weighted by atomic mass is 16.5. The maximum Gasteiger partial charge on any atom is 0.0630 e. The van der Waals surface area contributed by atoms with Crippen molar-refractivity contribution in [2.24, 2.45) is 5.92 Å². The van der Waals surface area contributed by atoms with Crippen LogP contribution in [0.2, 0.25) is 0 Å². The fourth-order valence-electron chi connectivity index (χ4n) is 2.83. The van der Waals surface area contributed by atoms with Gasteiger partial charge in [-0.15, -0.1) is 0 Å². The van der Waals surface area contributed by atoms with Crippen LogP contribution in [-0.2, 0) is 4.74 Å². The van der Waals surface area contributed by atoms with Crippen molar-refractivity contribution in [2.45, 2.75) is 90.4 Å². The van der Waals surface area contributed by atoms with E-state index in [1.165, 1.54) is 12.8 Å². The average molecular weight is 242 g/mol. The Balaban J connectivity index is 2.34. The van der Waals surface area contributed by atoms with Gasteiger partial charge in [0.1, 0.15) is 0 Å². The molecule has 1 N–H and O–H groups in total. The number of aliphatic hydroxyl groups is 1. The van der Waals surface area contributed by atoms with Crippen LogP contribution in [0, 0.1) is 5.92 Å². The molecule has 1 aliphatic rings. The van der Waals surface area contributed by atoms with Crippen molar-refractivity contribution in [2.75, 3.05) is 0 Å². The first-order chi connectivity index (χ1) is 7.94. The molecule has 0 amide bonds. The fraction of sp³-hybridized carbons (Fsp3) is 1.00. The molecular weight excluding hydrogens is 212 g/mol. The topological polar surface area (TPSA) is 29.5 Å².